The Hall–Kier alpha value is -4.18. The fourth-order valence-corrected chi connectivity index (χ4v) is 3.86. The van der Waals surface area contributed by atoms with Crippen molar-refractivity contribution in [3.05, 3.63) is 70.6 Å². The molecule has 1 fully saturated rings. The van der Waals surface area contributed by atoms with Gasteiger partial charge in [-0.3, -0.25) is 19.4 Å². The van der Waals surface area contributed by atoms with Gasteiger partial charge in [0.15, 0.2) is 11.9 Å². The van der Waals surface area contributed by atoms with E-state index < -0.39 is 12.0 Å². The number of hydrogen-bond donors (Lipinski definition) is 1. The molecule has 1 saturated heterocycles. The number of anilines is 1. The number of amides is 3. The number of hydrogen-bond acceptors (Lipinski definition) is 7. The first kappa shape index (κ1) is 25.9. The van der Waals surface area contributed by atoms with Crippen molar-refractivity contribution in [3.8, 4) is 17.2 Å². The van der Waals surface area contributed by atoms with Crippen molar-refractivity contribution in [2.45, 2.75) is 19.4 Å². The Kier molecular flexibility index (Phi) is 7.58. The number of nitrogens with zero attached hydrogens (tertiary/aromatic N) is 4. The summed E-state index contributed by atoms with van der Waals surface area (Å²) in [5, 5.41) is 2.90. The molecule has 2 aromatic carbocycles. The lowest BCUT2D eigenvalue weighted by Gasteiger charge is -2.16. The van der Waals surface area contributed by atoms with Gasteiger partial charge in [-0.1, -0.05) is 11.6 Å². The van der Waals surface area contributed by atoms with Crippen LogP contribution >= 0.6 is 11.6 Å². The van der Waals surface area contributed by atoms with E-state index in [1.165, 1.54) is 29.3 Å². The monoisotopic (exact) mass is 523 g/mol. The van der Waals surface area contributed by atoms with Crippen LogP contribution in [0.2, 0.25) is 5.02 Å². The summed E-state index contributed by atoms with van der Waals surface area (Å²) < 4.78 is 11.9. The van der Waals surface area contributed by atoms with E-state index in [0.717, 1.165) is 0 Å². The van der Waals surface area contributed by atoms with Crippen molar-refractivity contribution >= 4 is 35.1 Å². The third-order valence-corrected chi connectivity index (χ3v) is 5.93. The normalized spacial score (nSPS) is 14.9. The van der Waals surface area contributed by atoms with Crippen LogP contribution < -0.4 is 14.8 Å². The van der Waals surface area contributed by atoms with Gasteiger partial charge in [0.05, 0.1) is 23.1 Å². The van der Waals surface area contributed by atoms with E-state index in [0.29, 0.717) is 24.2 Å². The Labute approximate surface area is 219 Å². The van der Waals surface area contributed by atoms with Gasteiger partial charge in [-0.15, -0.1) is 0 Å². The molecule has 11 heteroatoms. The number of halogens is 1. The molecule has 3 aromatic rings. The van der Waals surface area contributed by atoms with Crippen molar-refractivity contribution in [3.63, 3.8) is 0 Å². The van der Waals surface area contributed by atoms with Crippen LogP contribution in [-0.2, 0) is 4.79 Å². The second-order valence-electron chi connectivity index (χ2n) is 8.79. The van der Waals surface area contributed by atoms with Crippen molar-refractivity contribution in [2.24, 2.45) is 0 Å². The highest BCUT2D eigenvalue weighted by Crippen LogP contribution is 2.34. The second-order valence-corrected chi connectivity index (χ2v) is 9.20. The van der Waals surface area contributed by atoms with Gasteiger partial charge in [-0.05, 0) is 37.3 Å². The zero-order chi connectivity index (χ0) is 26.7. The quantitative estimate of drug-likeness (QED) is 0.501. The van der Waals surface area contributed by atoms with Crippen LogP contribution in [0.25, 0.3) is 0 Å². The molecule has 1 N–H and O–H groups in total. The summed E-state index contributed by atoms with van der Waals surface area (Å²) in [5.74, 6) is 0.278. The van der Waals surface area contributed by atoms with E-state index in [1.54, 1.807) is 57.4 Å². The highest BCUT2D eigenvalue weighted by molar-refractivity contribution is 6.32. The standard InChI is InChI=1S/C26H26ClN5O5/c1-15-13-29-23(14-28-15)30-24(33)17-9-18(12-19(10-17)37-22-7-8-32(4)26(22)35)36-21-6-5-16(11-20(21)27)25(34)31(2)3/h5-6,9-14,22H,7-8H2,1-4H3,(H,29,30,33)/t22-/m0/s1. The van der Waals surface area contributed by atoms with Crippen LogP contribution in [0.5, 0.6) is 17.2 Å². The summed E-state index contributed by atoms with van der Waals surface area (Å²) >= 11 is 6.39. The average molecular weight is 524 g/mol. The van der Waals surface area contributed by atoms with Gasteiger partial charge < -0.3 is 24.6 Å². The van der Waals surface area contributed by atoms with Crippen LogP contribution in [0.3, 0.4) is 0 Å². The first-order chi connectivity index (χ1) is 17.6. The summed E-state index contributed by atoms with van der Waals surface area (Å²) in [6, 6.07) is 9.29. The van der Waals surface area contributed by atoms with Crippen LogP contribution in [-0.4, -0.2) is 71.3 Å². The van der Waals surface area contributed by atoms with Crippen molar-refractivity contribution in [2.75, 3.05) is 33.0 Å². The van der Waals surface area contributed by atoms with Crippen LogP contribution in [0.15, 0.2) is 48.8 Å². The molecule has 3 amide bonds. The van der Waals surface area contributed by atoms with Gasteiger partial charge in [-0.25, -0.2) is 4.98 Å². The van der Waals surface area contributed by atoms with E-state index in [-0.39, 0.29) is 45.5 Å². The fourth-order valence-electron chi connectivity index (χ4n) is 3.64. The summed E-state index contributed by atoms with van der Waals surface area (Å²) in [6.45, 7) is 2.37. The van der Waals surface area contributed by atoms with Crippen LogP contribution in [0.1, 0.15) is 32.8 Å². The fraction of sp³-hybridized carbons (Fsp3) is 0.269. The van der Waals surface area contributed by atoms with E-state index in [1.807, 2.05) is 0 Å². The molecular formula is C26H26ClN5O5. The molecule has 0 saturated carbocycles. The first-order valence-corrected chi connectivity index (χ1v) is 11.8. The minimum Gasteiger partial charge on any atom is -0.480 e. The molecule has 0 unspecified atom stereocenters. The highest BCUT2D eigenvalue weighted by atomic mass is 35.5. The molecule has 1 aliphatic heterocycles. The Bertz CT molecular complexity index is 1350. The third kappa shape index (κ3) is 6.15. The minimum absolute atomic E-state index is 0.142. The number of carbonyl (C=O) groups is 3. The molecule has 1 aliphatic rings. The maximum atomic E-state index is 13.0. The molecule has 192 valence electrons. The van der Waals surface area contributed by atoms with Gasteiger partial charge in [0.25, 0.3) is 17.7 Å². The lowest BCUT2D eigenvalue weighted by molar-refractivity contribution is -0.132. The minimum atomic E-state index is -0.668. The highest BCUT2D eigenvalue weighted by Gasteiger charge is 2.31. The van der Waals surface area contributed by atoms with Gasteiger partial charge >= 0.3 is 0 Å². The summed E-state index contributed by atoms with van der Waals surface area (Å²) in [7, 11) is 5.00. The van der Waals surface area contributed by atoms with Gasteiger partial charge in [-0.2, -0.15) is 0 Å². The molecule has 37 heavy (non-hydrogen) atoms. The molecule has 4 rings (SSSR count). The Balaban J connectivity index is 1.63. The molecule has 0 aliphatic carbocycles. The second kappa shape index (κ2) is 10.8. The van der Waals surface area contributed by atoms with Crippen LogP contribution in [0.4, 0.5) is 5.82 Å². The number of benzene rings is 2. The molecule has 0 radical (unpaired) electrons. The molecule has 10 nitrogen and oxygen atoms in total. The average Bonchev–Trinajstić information content (AvgIpc) is 3.18. The van der Waals surface area contributed by atoms with Crippen LogP contribution in [0, 0.1) is 6.92 Å². The topological polar surface area (TPSA) is 114 Å². The number of carbonyl (C=O) groups excluding carboxylic acids is 3. The first-order valence-electron chi connectivity index (χ1n) is 11.5. The third-order valence-electron chi connectivity index (χ3n) is 5.63. The number of aryl methyl sites for hydroxylation is 1. The van der Waals surface area contributed by atoms with Crippen molar-refractivity contribution < 1.29 is 23.9 Å². The summed E-state index contributed by atoms with van der Waals surface area (Å²) in [5.41, 5.74) is 1.33. The van der Waals surface area contributed by atoms with E-state index in [2.05, 4.69) is 15.3 Å². The maximum absolute atomic E-state index is 13.0. The predicted octanol–water partition coefficient (Wildman–Crippen LogP) is 3.79. The Morgan fingerprint density at radius 3 is 2.46 bits per heavy atom. The number of likely N-dealkylation sites (tertiary alicyclic amines) is 1. The van der Waals surface area contributed by atoms with Crippen molar-refractivity contribution in [1.29, 1.82) is 0 Å². The lowest BCUT2D eigenvalue weighted by Crippen LogP contribution is -2.29. The molecule has 0 spiro atoms. The van der Waals surface area contributed by atoms with E-state index in [9.17, 15) is 14.4 Å². The molecule has 1 aromatic heterocycles. The molecule has 2 heterocycles. The summed E-state index contributed by atoms with van der Waals surface area (Å²) in [6.07, 6.45) is 2.85. The number of ether oxygens (including phenoxy) is 2. The molecular weight excluding hydrogens is 498 g/mol. The molecule has 1 atom stereocenters. The zero-order valence-electron chi connectivity index (χ0n) is 20.8. The molecule has 0 bridgehead atoms. The van der Waals surface area contributed by atoms with Gasteiger partial charge in [0.1, 0.15) is 17.2 Å². The summed E-state index contributed by atoms with van der Waals surface area (Å²) in [4.78, 5) is 49.0. The van der Waals surface area contributed by atoms with Crippen molar-refractivity contribution in [1.82, 2.24) is 19.8 Å². The zero-order valence-corrected chi connectivity index (χ0v) is 21.6. The Morgan fingerprint density at radius 2 is 1.84 bits per heavy atom. The van der Waals surface area contributed by atoms with Gasteiger partial charge in [0, 0.05) is 51.3 Å². The smallest absolute Gasteiger partial charge is 0.263 e. The van der Waals surface area contributed by atoms with Gasteiger partial charge in [0.2, 0.25) is 0 Å². The van der Waals surface area contributed by atoms with E-state index in [4.69, 9.17) is 21.1 Å². The lowest BCUT2D eigenvalue weighted by atomic mass is 10.1. The largest absolute Gasteiger partial charge is 0.480 e. The predicted molar refractivity (Wildman–Crippen MR) is 137 cm³/mol. The number of likely N-dealkylation sites (N-methyl/N-ethyl adjacent to an activating group) is 1. The number of nitrogens with one attached hydrogen (secondary N) is 1. The van der Waals surface area contributed by atoms with E-state index >= 15 is 0 Å². The number of aromatic nitrogens is 2. The maximum Gasteiger partial charge on any atom is 0.263 e. The Morgan fingerprint density at radius 1 is 1.08 bits per heavy atom. The number of rotatable bonds is 7. The SMILES string of the molecule is Cc1cnc(NC(=O)c2cc(Oc3ccc(C(=O)N(C)C)cc3Cl)cc(O[C@H]3CCN(C)C3=O)c2)cn1.